The first kappa shape index (κ1) is 10.8. The molecule has 0 atom stereocenters. The Bertz CT molecular complexity index is 514. The van der Waals surface area contributed by atoms with E-state index in [9.17, 15) is 0 Å². The van der Waals surface area contributed by atoms with Gasteiger partial charge in [0.1, 0.15) is 11.6 Å². The van der Waals surface area contributed by atoms with Crippen molar-refractivity contribution in [3.8, 4) is 16.9 Å². The number of aromatic nitrogens is 1. The van der Waals surface area contributed by atoms with Gasteiger partial charge in [0.25, 0.3) is 0 Å². The van der Waals surface area contributed by atoms with Crippen LogP contribution in [0, 0.1) is 0 Å². The average Bonchev–Trinajstić information content (AvgIpc) is 2.30. The van der Waals surface area contributed by atoms with Gasteiger partial charge in [0, 0.05) is 28.4 Å². The summed E-state index contributed by atoms with van der Waals surface area (Å²) in [4.78, 5) is 4.04. The predicted molar refractivity (Wildman–Crippen MR) is 65.6 cm³/mol. The number of anilines is 1. The van der Waals surface area contributed by atoms with E-state index < -0.39 is 0 Å². The van der Waals surface area contributed by atoms with Gasteiger partial charge in [0.05, 0.1) is 7.11 Å². The highest BCUT2D eigenvalue weighted by atomic mass is 35.5. The molecule has 82 valence electrons. The Hall–Kier alpha value is -1.74. The molecule has 2 N–H and O–H groups in total. The van der Waals surface area contributed by atoms with Gasteiger partial charge >= 0.3 is 0 Å². The molecular weight excluding hydrogens is 224 g/mol. The standard InChI is InChI=1S/C12H11ClN2O/c1-16-11-6-12(14)15-7-9(11)8-4-2-3-5-10(8)13/h2-7H,1H3,(H2,14,15). The summed E-state index contributed by atoms with van der Waals surface area (Å²) < 4.78 is 5.26. The van der Waals surface area contributed by atoms with Crippen LogP contribution in [-0.2, 0) is 0 Å². The normalized spacial score (nSPS) is 10.1. The van der Waals surface area contributed by atoms with Crippen molar-refractivity contribution in [3.05, 3.63) is 41.6 Å². The van der Waals surface area contributed by atoms with E-state index in [4.69, 9.17) is 22.1 Å². The van der Waals surface area contributed by atoms with Crippen LogP contribution in [0.15, 0.2) is 36.5 Å². The zero-order valence-corrected chi connectivity index (χ0v) is 9.53. The maximum Gasteiger partial charge on any atom is 0.131 e. The van der Waals surface area contributed by atoms with Crippen LogP contribution in [0.3, 0.4) is 0 Å². The molecule has 0 spiro atoms. The molecule has 4 heteroatoms. The number of halogens is 1. The Morgan fingerprint density at radius 1 is 1.25 bits per heavy atom. The van der Waals surface area contributed by atoms with Crippen molar-refractivity contribution >= 4 is 17.4 Å². The molecule has 1 aromatic heterocycles. The number of ether oxygens (including phenoxy) is 1. The van der Waals surface area contributed by atoms with Crippen molar-refractivity contribution in [2.75, 3.05) is 12.8 Å². The summed E-state index contributed by atoms with van der Waals surface area (Å²) in [6, 6.07) is 9.21. The van der Waals surface area contributed by atoms with Gasteiger partial charge in [-0.15, -0.1) is 0 Å². The van der Waals surface area contributed by atoms with Crippen LogP contribution in [0.1, 0.15) is 0 Å². The molecule has 0 aliphatic carbocycles. The number of rotatable bonds is 2. The number of hydrogen-bond acceptors (Lipinski definition) is 3. The fourth-order valence-electron chi connectivity index (χ4n) is 1.50. The van der Waals surface area contributed by atoms with Gasteiger partial charge in [-0.05, 0) is 6.07 Å². The van der Waals surface area contributed by atoms with Gasteiger partial charge in [-0.3, -0.25) is 0 Å². The largest absolute Gasteiger partial charge is 0.496 e. The van der Waals surface area contributed by atoms with Crippen LogP contribution in [0.4, 0.5) is 5.82 Å². The third-order valence-corrected chi connectivity index (χ3v) is 2.60. The van der Waals surface area contributed by atoms with Crippen LogP contribution >= 0.6 is 11.6 Å². The monoisotopic (exact) mass is 234 g/mol. The minimum absolute atomic E-state index is 0.424. The lowest BCUT2D eigenvalue weighted by molar-refractivity contribution is 0.416. The molecule has 2 aromatic rings. The number of nitrogens with zero attached hydrogens (tertiary/aromatic N) is 1. The summed E-state index contributed by atoms with van der Waals surface area (Å²) in [5.41, 5.74) is 7.31. The van der Waals surface area contributed by atoms with Crippen molar-refractivity contribution in [1.29, 1.82) is 0 Å². The van der Waals surface area contributed by atoms with Gasteiger partial charge in [0.2, 0.25) is 0 Å². The molecule has 0 aliphatic rings. The van der Waals surface area contributed by atoms with E-state index >= 15 is 0 Å². The van der Waals surface area contributed by atoms with E-state index in [-0.39, 0.29) is 0 Å². The highest BCUT2D eigenvalue weighted by Gasteiger charge is 2.09. The number of benzene rings is 1. The molecule has 2 rings (SSSR count). The first-order valence-electron chi connectivity index (χ1n) is 4.77. The van der Waals surface area contributed by atoms with E-state index in [2.05, 4.69) is 4.98 Å². The highest BCUT2D eigenvalue weighted by molar-refractivity contribution is 6.33. The van der Waals surface area contributed by atoms with Crippen LogP contribution in [0.5, 0.6) is 5.75 Å². The summed E-state index contributed by atoms with van der Waals surface area (Å²) >= 11 is 6.11. The summed E-state index contributed by atoms with van der Waals surface area (Å²) in [5, 5.41) is 0.660. The van der Waals surface area contributed by atoms with Crippen molar-refractivity contribution in [3.63, 3.8) is 0 Å². The third kappa shape index (κ3) is 1.95. The SMILES string of the molecule is COc1cc(N)ncc1-c1ccccc1Cl. The topological polar surface area (TPSA) is 48.1 Å². The molecule has 0 saturated carbocycles. The number of nitrogens with two attached hydrogens (primary N) is 1. The molecule has 0 fully saturated rings. The van der Waals surface area contributed by atoms with Crippen molar-refractivity contribution < 1.29 is 4.74 Å². The van der Waals surface area contributed by atoms with Gasteiger partial charge < -0.3 is 10.5 Å². The van der Waals surface area contributed by atoms with Gasteiger partial charge in [0.15, 0.2) is 0 Å². The maximum absolute atomic E-state index is 6.11. The highest BCUT2D eigenvalue weighted by Crippen LogP contribution is 2.34. The third-order valence-electron chi connectivity index (χ3n) is 2.27. The lowest BCUT2D eigenvalue weighted by Gasteiger charge is -2.09. The number of hydrogen-bond donors (Lipinski definition) is 1. The summed E-state index contributed by atoms with van der Waals surface area (Å²) in [5.74, 6) is 1.09. The zero-order chi connectivity index (χ0) is 11.5. The minimum atomic E-state index is 0.424. The van der Waals surface area contributed by atoms with Gasteiger partial charge in [-0.25, -0.2) is 4.98 Å². The summed E-state index contributed by atoms with van der Waals surface area (Å²) in [7, 11) is 1.59. The Kier molecular flexibility index (Phi) is 2.97. The van der Waals surface area contributed by atoms with E-state index in [1.54, 1.807) is 19.4 Å². The minimum Gasteiger partial charge on any atom is -0.496 e. The van der Waals surface area contributed by atoms with E-state index in [1.165, 1.54) is 0 Å². The molecule has 1 aromatic carbocycles. The zero-order valence-electron chi connectivity index (χ0n) is 8.77. The van der Waals surface area contributed by atoms with Gasteiger partial charge in [-0.2, -0.15) is 0 Å². The molecular formula is C12H11ClN2O. The second kappa shape index (κ2) is 4.41. The quantitative estimate of drug-likeness (QED) is 0.869. The molecule has 0 radical (unpaired) electrons. The molecule has 0 aliphatic heterocycles. The van der Waals surface area contributed by atoms with Crippen LogP contribution in [0.2, 0.25) is 5.02 Å². The van der Waals surface area contributed by atoms with E-state index in [0.29, 0.717) is 16.6 Å². The molecule has 16 heavy (non-hydrogen) atoms. The first-order valence-corrected chi connectivity index (χ1v) is 5.14. The molecule has 0 amide bonds. The predicted octanol–water partition coefficient (Wildman–Crippen LogP) is 2.99. The Morgan fingerprint density at radius 3 is 2.69 bits per heavy atom. The molecule has 0 unspecified atom stereocenters. The summed E-state index contributed by atoms with van der Waals surface area (Å²) in [6.07, 6.45) is 1.66. The molecule has 0 saturated heterocycles. The van der Waals surface area contributed by atoms with Crippen LogP contribution in [0.25, 0.3) is 11.1 Å². The Labute approximate surface area is 98.8 Å². The van der Waals surface area contributed by atoms with Crippen LogP contribution < -0.4 is 10.5 Å². The van der Waals surface area contributed by atoms with Crippen molar-refractivity contribution in [2.45, 2.75) is 0 Å². The van der Waals surface area contributed by atoms with Crippen molar-refractivity contribution in [1.82, 2.24) is 4.98 Å². The summed E-state index contributed by atoms with van der Waals surface area (Å²) in [6.45, 7) is 0. The average molecular weight is 235 g/mol. The van der Waals surface area contributed by atoms with Crippen LogP contribution in [-0.4, -0.2) is 12.1 Å². The number of nitrogen functional groups attached to an aromatic ring is 1. The fourth-order valence-corrected chi connectivity index (χ4v) is 1.74. The maximum atomic E-state index is 6.11. The second-order valence-electron chi connectivity index (χ2n) is 3.29. The van der Waals surface area contributed by atoms with Crippen molar-refractivity contribution in [2.24, 2.45) is 0 Å². The van der Waals surface area contributed by atoms with Gasteiger partial charge in [-0.1, -0.05) is 29.8 Å². The fraction of sp³-hybridized carbons (Fsp3) is 0.0833. The number of pyridine rings is 1. The second-order valence-corrected chi connectivity index (χ2v) is 3.70. The molecule has 3 nitrogen and oxygen atoms in total. The Balaban J connectivity index is 2.60. The molecule has 0 bridgehead atoms. The lowest BCUT2D eigenvalue weighted by atomic mass is 10.1. The smallest absolute Gasteiger partial charge is 0.131 e. The molecule has 1 heterocycles. The number of methoxy groups -OCH3 is 1. The van der Waals surface area contributed by atoms with E-state index in [0.717, 1.165) is 11.1 Å². The first-order chi connectivity index (χ1) is 7.72. The van der Waals surface area contributed by atoms with E-state index in [1.807, 2.05) is 24.3 Å². The Morgan fingerprint density at radius 2 is 2.00 bits per heavy atom. The lowest BCUT2D eigenvalue weighted by Crippen LogP contribution is -1.94.